The van der Waals surface area contributed by atoms with Gasteiger partial charge in [0.1, 0.15) is 6.10 Å². The Labute approximate surface area is 99.5 Å². The molecule has 0 aromatic heterocycles. The second kappa shape index (κ2) is 6.12. The first-order valence-electron chi connectivity index (χ1n) is 5.96. The molecule has 1 heterocycles. The molecule has 0 N–H and O–H groups in total. The van der Waals surface area contributed by atoms with Crippen LogP contribution in [-0.2, 0) is 18.3 Å². The highest BCUT2D eigenvalue weighted by Crippen LogP contribution is 2.15. The summed E-state index contributed by atoms with van der Waals surface area (Å²) in [5, 5.41) is 0. The van der Waals surface area contributed by atoms with Crippen molar-refractivity contribution in [2.24, 2.45) is 0 Å². The van der Waals surface area contributed by atoms with Crippen molar-refractivity contribution in [3.8, 4) is 0 Å². The van der Waals surface area contributed by atoms with Gasteiger partial charge in [-0.15, -0.1) is 0 Å². The first-order chi connectivity index (χ1) is 7.41. The maximum atomic E-state index is 5.90. The van der Waals surface area contributed by atoms with Crippen LogP contribution in [0.5, 0.6) is 0 Å². The zero-order valence-electron chi connectivity index (χ0n) is 11.0. The Morgan fingerprint density at radius 2 is 1.69 bits per heavy atom. The molecule has 0 spiro atoms. The first kappa shape index (κ1) is 14.1. The quantitative estimate of drug-likeness (QED) is 0.485. The Balaban J connectivity index is 2.33. The van der Waals surface area contributed by atoms with Gasteiger partial charge in [-0.3, -0.25) is 0 Å². The van der Waals surface area contributed by atoms with E-state index >= 15 is 0 Å². The number of hydrogen-bond donors (Lipinski definition) is 0. The van der Waals surface area contributed by atoms with Crippen LogP contribution in [0.1, 0.15) is 27.7 Å². The van der Waals surface area contributed by atoms with Crippen LogP contribution in [0.15, 0.2) is 0 Å². The van der Waals surface area contributed by atoms with Gasteiger partial charge in [0.15, 0.2) is 0 Å². The smallest absolute Gasteiger partial charge is 0.362 e. The summed E-state index contributed by atoms with van der Waals surface area (Å²) < 4.78 is 22.5. The number of hydrogen-bond acceptors (Lipinski definition) is 4. The van der Waals surface area contributed by atoms with Crippen LogP contribution in [0, 0.1) is 0 Å². The fraction of sp³-hybridized carbons (Fsp3) is 1.00. The molecule has 96 valence electrons. The van der Waals surface area contributed by atoms with Gasteiger partial charge in [-0.2, -0.15) is 0 Å². The summed E-state index contributed by atoms with van der Waals surface area (Å²) in [5.41, 5.74) is 0. The molecular formula is C11H24O4Si. The average molecular weight is 248 g/mol. The van der Waals surface area contributed by atoms with E-state index in [1.54, 1.807) is 0 Å². The fourth-order valence-corrected chi connectivity index (χ4v) is 4.31. The average Bonchev–Trinajstić information content (AvgIpc) is 2.83. The van der Waals surface area contributed by atoms with Crippen molar-refractivity contribution in [2.45, 2.75) is 52.6 Å². The molecular weight excluding hydrogens is 224 g/mol. The minimum Gasteiger partial charge on any atom is -0.391 e. The van der Waals surface area contributed by atoms with Gasteiger partial charge in [0.05, 0.1) is 19.4 Å². The molecule has 0 aromatic rings. The monoisotopic (exact) mass is 248 g/mol. The summed E-state index contributed by atoms with van der Waals surface area (Å²) in [6.07, 6.45) is 1.23. The Morgan fingerprint density at radius 3 is 2.06 bits per heavy atom. The Kier molecular flexibility index (Phi) is 5.40. The van der Waals surface area contributed by atoms with Crippen molar-refractivity contribution >= 4 is 8.56 Å². The van der Waals surface area contributed by atoms with Crippen LogP contribution in [0.25, 0.3) is 0 Å². The third-order valence-corrected chi connectivity index (χ3v) is 4.71. The number of ether oxygens (including phenoxy) is 2. The molecule has 0 saturated carbocycles. The zero-order valence-corrected chi connectivity index (χ0v) is 12.0. The van der Waals surface area contributed by atoms with Gasteiger partial charge in [-0.25, -0.2) is 0 Å². The van der Waals surface area contributed by atoms with E-state index in [-0.39, 0.29) is 12.2 Å². The van der Waals surface area contributed by atoms with E-state index in [4.69, 9.17) is 18.3 Å². The van der Waals surface area contributed by atoms with E-state index in [2.05, 4.69) is 6.55 Å². The van der Waals surface area contributed by atoms with Crippen LogP contribution in [0.3, 0.4) is 0 Å². The van der Waals surface area contributed by atoms with Gasteiger partial charge in [0.25, 0.3) is 0 Å². The summed E-state index contributed by atoms with van der Waals surface area (Å²) in [5.74, 6) is 0. The Hall–Kier alpha value is 0.0569. The van der Waals surface area contributed by atoms with Crippen molar-refractivity contribution in [1.29, 1.82) is 0 Å². The molecule has 1 aliphatic heterocycles. The van der Waals surface area contributed by atoms with Gasteiger partial charge >= 0.3 is 8.56 Å². The van der Waals surface area contributed by atoms with E-state index in [1.165, 1.54) is 0 Å². The highest BCUT2D eigenvalue weighted by atomic mass is 28.4. The lowest BCUT2D eigenvalue weighted by atomic mass is 10.5. The molecule has 1 atom stereocenters. The van der Waals surface area contributed by atoms with Crippen LogP contribution >= 0.6 is 0 Å². The zero-order chi connectivity index (χ0) is 12.2. The van der Waals surface area contributed by atoms with Crippen molar-refractivity contribution in [2.75, 3.05) is 19.4 Å². The molecule has 0 amide bonds. The maximum absolute atomic E-state index is 5.90. The molecule has 1 rings (SSSR count). The largest absolute Gasteiger partial charge is 0.391 e. The van der Waals surface area contributed by atoms with Gasteiger partial charge in [0.2, 0.25) is 0 Å². The number of rotatable bonds is 8. The molecule has 16 heavy (non-hydrogen) atoms. The van der Waals surface area contributed by atoms with Crippen LogP contribution in [0.2, 0.25) is 6.55 Å². The second-order valence-corrected chi connectivity index (χ2v) is 7.97. The van der Waals surface area contributed by atoms with Gasteiger partial charge in [0, 0.05) is 12.2 Å². The summed E-state index contributed by atoms with van der Waals surface area (Å²) in [4.78, 5) is 0. The molecule has 4 nitrogen and oxygen atoms in total. The molecule has 1 saturated heterocycles. The highest BCUT2D eigenvalue weighted by Gasteiger charge is 2.35. The Morgan fingerprint density at radius 1 is 1.19 bits per heavy atom. The van der Waals surface area contributed by atoms with Gasteiger partial charge in [-0.1, -0.05) is 0 Å². The molecule has 1 aliphatic rings. The van der Waals surface area contributed by atoms with Crippen LogP contribution in [0.4, 0.5) is 0 Å². The van der Waals surface area contributed by atoms with Gasteiger partial charge < -0.3 is 18.3 Å². The van der Waals surface area contributed by atoms with E-state index < -0.39 is 8.56 Å². The molecule has 1 fully saturated rings. The van der Waals surface area contributed by atoms with Crippen molar-refractivity contribution < 1.29 is 18.3 Å². The normalized spacial score (nSPS) is 20.8. The Bertz CT molecular complexity index is 194. The standard InChI is InChI=1S/C11H24O4Si/c1-9(2)14-16(5,15-10(3)4)8-12-6-11-7-13-11/h9-11H,6-8H2,1-5H3. The molecule has 0 bridgehead atoms. The summed E-state index contributed by atoms with van der Waals surface area (Å²) in [6, 6.07) is 0. The molecule has 5 heteroatoms. The third kappa shape index (κ3) is 5.96. The molecule has 0 aromatic carbocycles. The van der Waals surface area contributed by atoms with E-state index in [9.17, 15) is 0 Å². The van der Waals surface area contributed by atoms with Crippen molar-refractivity contribution in [3.63, 3.8) is 0 Å². The predicted molar refractivity (Wildman–Crippen MR) is 64.6 cm³/mol. The summed E-state index contributed by atoms with van der Waals surface area (Å²) >= 11 is 0. The van der Waals surface area contributed by atoms with Crippen LogP contribution < -0.4 is 0 Å². The topological polar surface area (TPSA) is 40.2 Å². The lowest BCUT2D eigenvalue weighted by molar-refractivity contribution is 0.0635. The molecule has 0 aliphatic carbocycles. The van der Waals surface area contributed by atoms with E-state index in [1.807, 2.05) is 27.7 Å². The lowest BCUT2D eigenvalue weighted by Gasteiger charge is -2.30. The summed E-state index contributed by atoms with van der Waals surface area (Å²) in [7, 11) is -2.19. The summed E-state index contributed by atoms with van der Waals surface area (Å²) in [6.45, 7) is 11.6. The van der Waals surface area contributed by atoms with Gasteiger partial charge in [-0.05, 0) is 34.2 Å². The minimum atomic E-state index is -2.19. The van der Waals surface area contributed by atoms with Crippen molar-refractivity contribution in [3.05, 3.63) is 0 Å². The van der Waals surface area contributed by atoms with Crippen LogP contribution in [-0.4, -0.2) is 46.3 Å². The first-order valence-corrected chi connectivity index (χ1v) is 8.48. The van der Waals surface area contributed by atoms with E-state index in [0.29, 0.717) is 18.9 Å². The lowest BCUT2D eigenvalue weighted by Crippen LogP contribution is -2.48. The predicted octanol–water partition coefficient (Wildman–Crippen LogP) is 1.86. The SMILES string of the molecule is CC(C)O[Si](C)(COCC1CO1)OC(C)C. The number of epoxide rings is 1. The van der Waals surface area contributed by atoms with E-state index in [0.717, 1.165) is 6.61 Å². The van der Waals surface area contributed by atoms with Crippen molar-refractivity contribution in [1.82, 2.24) is 0 Å². The maximum Gasteiger partial charge on any atom is 0.362 e. The highest BCUT2D eigenvalue weighted by molar-refractivity contribution is 6.66. The minimum absolute atomic E-state index is 0.177. The fourth-order valence-electron chi connectivity index (χ4n) is 1.63. The third-order valence-electron chi connectivity index (χ3n) is 2.04. The molecule has 1 unspecified atom stereocenters. The second-order valence-electron chi connectivity index (χ2n) is 4.94. The molecule has 0 radical (unpaired) electrons.